The molecule has 4 heteroatoms. The van der Waals surface area contributed by atoms with Crippen LogP contribution in [0.5, 0.6) is 0 Å². The Morgan fingerprint density at radius 1 is 0.792 bits per heavy atom. The van der Waals surface area contributed by atoms with Crippen molar-refractivity contribution in [3.63, 3.8) is 0 Å². The van der Waals surface area contributed by atoms with Crippen LogP contribution in [-0.4, -0.2) is 16.5 Å². The minimum absolute atomic E-state index is 0.231. The summed E-state index contributed by atoms with van der Waals surface area (Å²) in [5.41, 5.74) is 0. The van der Waals surface area contributed by atoms with Crippen LogP contribution in [0.4, 0.5) is 0 Å². The third-order valence-electron chi connectivity index (χ3n) is 4.64. The monoisotopic (exact) mass is 376 g/mol. The van der Waals surface area contributed by atoms with Crippen molar-refractivity contribution < 1.29 is 5.11 Å². The van der Waals surface area contributed by atoms with Crippen LogP contribution in [0.2, 0.25) is 0 Å². The first kappa shape index (κ1) is 18.2. The summed E-state index contributed by atoms with van der Waals surface area (Å²) in [5, 5.41) is 11.4. The Labute approximate surface area is 154 Å². The second kappa shape index (κ2) is 8.67. The van der Waals surface area contributed by atoms with Gasteiger partial charge in [-0.15, -0.1) is 11.4 Å². The quantitative estimate of drug-likeness (QED) is 0.771. The minimum Gasteiger partial charge on any atom is -0.392 e. The van der Waals surface area contributed by atoms with E-state index < -0.39 is 5.24 Å². The van der Waals surface area contributed by atoms with Gasteiger partial charge in [-0.05, 0) is 23.5 Å². The Balaban J connectivity index is 1.94. The molecule has 0 saturated heterocycles. The molecule has 1 fully saturated rings. The van der Waals surface area contributed by atoms with Crippen LogP contribution in [0.1, 0.15) is 38.5 Å². The Hall–Kier alpha value is -0.600. The largest absolute Gasteiger partial charge is 0.392 e. The first-order valence-electron chi connectivity index (χ1n) is 8.78. The molecular weight excluding hydrogens is 351 g/mol. The lowest BCUT2D eigenvalue weighted by Gasteiger charge is -2.31. The summed E-state index contributed by atoms with van der Waals surface area (Å²) in [6.07, 6.45) is 6.62. The van der Waals surface area contributed by atoms with E-state index in [1.54, 1.807) is 0 Å². The van der Waals surface area contributed by atoms with Gasteiger partial charge in [-0.2, -0.15) is 0 Å². The predicted octanol–water partition coefficient (Wildman–Crippen LogP) is 4.85. The standard InChI is InChI=1S/C20H25OPS2/c21-19-15-9-1-2-10-16-20(19)24-22(23,17-11-5-3-6-12-17)18-13-7-4-8-14-18/h3-8,11-14,19-21H,1-2,9-10,15-16H2/t19-,20-/m0/s1. The van der Waals surface area contributed by atoms with Crippen LogP contribution in [-0.2, 0) is 11.8 Å². The molecule has 1 saturated carbocycles. The molecule has 0 spiro atoms. The van der Waals surface area contributed by atoms with Crippen LogP contribution in [0.3, 0.4) is 0 Å². The highest BCUT2D eigenvalue weighted by molar-refractivity contribution is 8.75. The summed E-state index contributed by atoms with van der Waals surface area (Å²) in [4.78, 5) is 0. The molecule has 2 aromatic carbocycles. The second-order valence-corrected chi connectivity index (χ2v) is 14.0. The van der Waals surface area contributed by atoms with E-state index in [4.69, 9.17) is 11.8 Å². The highest BCUT2D eigenvalue weighted by Gasteiger charge is 2.31. The molecule has 1 nitrogen and oxygen atoms in total. The van der Waals surface area contributed by atoms with Crippen molar-refractivity contribution in [3.8, 4) is 0 Å². The predicted molar refractivity (Wildman–Crippen MR) is 112 cm³/mol. The van der Waals surface area contributed by atoms with Gasteiger partial charge in [0.2, 0.25) is 0 Å². The number of benzene rings is 2. The average molecular weight is 377 g/mol. The van der Waals surface area contributed by atoms with Crippen LogP contribution in [0, 0.1) is 0 Å². The molecule has 0 heterocycles. The molecule has 1 aliphatic rings. The zero-order chi connectivity index (χ0) is 16.8. The van der Waals surface area contributed by atoms with E-state index in [1.165, 1.54) is 29.9 Å². The van der Waals surface area contributed by atoms with E-state index in [-0.39, 0.29) is 11.4 Å². The lowest BCUT2D eigenvalue weighted by molar-refractivity contribution is 0.148. The van der Waals surface area contributed by atoms with Crippen molar-refractivity contribution in [1.29, 1.82) is 0 Å². The second-order valence-electron chi connectivity index (χ2n) is 6.43. The lowest BCUT2D eigenvalue weighted by atomic mass is 9.98. The Morgan fingerprint density at radius 3 is 1.83 bits per heavy atom. The fourth-order valence-electron chi connectivity index (χ4n) is 3.26. The number of hydrogen-bond donors (Lipinski definition) is 1. The number of aliphatic hydroxyl groups excluding tert-OH is 1. The smallest absolute Gasteiger partial charge is 0.0662 e. The van der Waals surface area contributed by atoms with Crippen molar-refractivity contribution in [1.82, 2.24) is 0 Å². The molecule has 0 bridgehead atoms. The van der Waals surface area contributed by atoms with Crippen molar-refractivity contribution in [2.75, 3.05) is 0 Å². The first-order valence-corrected chi connectivity index (χ1v) is 13.1. The molecule has 3 rings (SSSR count). The van der Waals surface area contributed by atoms with Crippen molar-refractivity contribution in [3.05, 3.63) is 60.7 Å². The van der Waals surface area contributed by atoms with Crippen LogP contribution >= 0.6 is 16.6 Å². The van der Waals surface area contributed by atoms with Crippen molar-refractivity contribution in [2.45, 2.75) is 49.9 Å². The van der Waals surface area contributed by atoms with Crippen molar-refractivity contribution >= 4 is 39.0 Å². The van der Waals surface area contributed by atoms with Gasteiger partial charge in [0.1, 0.15) is 0 Å². The van der Waals surface area contributed by atoms with Gasteiger partial charge in [0, 0.05) is 5.25 Å². The van der Waals surface area contributed by atoms with E-state index >= 15 is 0 Å². The van der Waals surface area contributed by atoms with Gasteiger partial charge in [-0.25, -0.2) is 0 Å². The third kappa shape index (κ3) is 4.32. The zero-order valence-electron chi connectivity index (χ0n) is 13.9. The lowest BCUT2D eigenvalue weighted by Crippen LogP contribution is -2.26. The Kier molecular flexibility index (Phi) is 6.57. The molecule has 1 N–H and O–H groups in total. The van der Waals surface area contributed by atoms with Crippen LogP contribution < -0.4 is 10.6 Å². The molecule has 2 atom stereocenters. The van der Waals surface area contributed by atoms with Gasteiger partial charge in [-0.3, -0.25) is 0 Å². The van der Waals surface area contributed by atoms with Gasteiger partial charge in [0.15, 0.2) is 0 Å². The summed E-state index contributed by atoms with van der Waals surface area (Å²) in [6, 6.07) is 21.1. The Morgan fingerprint density at radius 2 is 1.29 bits per heavy atom. The topological polar surface area (TPSA) is 20.2 Å². The van der Waals surface area contributed by atoms with Gasteiger partial charge < -0.3 is 5.11 Å². The molecular formula is C20H25OPS2. The average Bonchev–Trinajstić information content (AvgIpc) is 2.63. The fraction of sp³-hybridized carbons (Fsp3) is 0.400. The summed E-state index contributed by atoms with van der Waals surface area (Å²) in [5.74, 6) is 0. The maximum Gasteiger partial charge on any atom is 0.0662 e. The number of hydrogen-bond acceptors (Lipinski definition) is 3. The summed E-state index contributed by atoms with van der Waals surface area (Å²) in [7, 11) is 0. The van der Waals surface area contributed by atoms with Crippen molar-refractivity contribution in [2.24, 2.45) is 0 Å². The van der Waals surface area contributed by atoms with Gasteiger partial charge in [-0.1, -0.05) is 98.2 Å². The highest BCUT2D eigenvalue weighted by Crippen LogP contribution is 2.60. The van der Waals surface area contributed by atoms with Gasteiger partial charge in [0.25, 0.3) is 0 Å². The SMILES string of the molecule is O[C@H]1CCCCCC[C@@H]1SP(=S)(c1ccccc1)c1ccccc1. The molecule has 0 aliphatic heterocycles. The zero-order valence-corrected chi connectivity index (χ0v) is 16.4. The molecule has 0 aromatic heterocycles. The molecule has 128 valence electrons. The van der Waals surface area contributed by atoms with Crippen LogP contribution in [0.25, 0.3) is 0 Å². The van der Waals surface area contributed by atoms with E-state index in [2.05, 4.69) is 48.5 Å². The molecule has 1 aliphatic carbocycles. The summed E-state index contributed by atoms with van der Waals surface area (Å²) in [6.45, 7) is 0. The van der Waals surface area contributed by atoms with E-state index in [0.717, 1.165) is 19.3 Å². The molecule has 0 amide bonds. The first-order chi connectivity index (χ1) is 11.7. The molecule has 24 heavy (non-hydrogen) atoms. The molecule has 0 radical (unpaired) electrons. The molecule has 0 unspecified atom stereocenters. The van der Waals surface area contributed by atoms with Gasteiger partial charge in [0.05, 0.1) is 11.3 Å². The number of aliphatic hydroxyl groups is 1. The van der Waals surface area contributed by atoms with E-state index in [0.29, 0.717) is 0 Å². The fourth-order valence-corrected chi connectivity index (χ4v) is 10.9. The summed E-state index contributed by atoms with van der Waals surface area (Å²) < 4.78 is 0. The van der Waals surface area contributed by atoms with E-state index in [9.17, 15) is 5.11 Å². The number of rotatable bonds is 4. The van der Waals surface area contributed by atoms with Gasteiger partial charge >= 0.3 is 0 Å². The molecule has 2 aromatic rings. The normalized spacial score (nSPS) is 22.5. The summed E-state index contributed by atoms with van der Waals surface area (Å²) >= 11 is 8.19. The highest BCUT2D eigenvalue weighted by atomic mass is 32.9. The maximum atomic E-state index is 10.7. The third-order valence-corrected chi connectivity index (χ3v) is 12.7. The Bertz CT molecular complexity index is 631. The minimum atomic E-state index is -1.97. The van der Waals surface area contributed by atoms with Crippen LogP contribution in [0.15, 0.2) is 60.7 Å². The van der Waals surface area contributed by atoms with E-state index in [1.807, 2.05) is 23.5 Å². The maximum absolute atomic E-state index is 10.7.